The number of esters is 1. The van der Waals surface area contributed by atoms with Gasteiger partial charge in [-0.1, -0.05) is 30.3 Å². The van der Waals surface area contributed by atoms with Crippen LogP contribution in [0.2, 0.25) is 0 Å². The van der Waals surface area contributed by atoms with Crippen LogP contribution in [0.5, 0.6) is 0 Å². The Morgan fingerprint density at radius 2 is 1.86 bits per heavy atom. The number of pyridine rings is 1. The SMILES string of the molecule is COC(=O)/C(=N\Nc1ccc(-c2cc(C(=O)O)c3ccccc3n2)cc1)[N+](=O)[O-]. The number of carbonyl (C=O) groups is 2. The van der Waals surface area contributed by atoms with Crippen molar-refractivity contribution in [3.05, 3.63) is 70.3 Å². The number of para-hydroxylation sites is 1. The summed E-state index contributed by atoms with van der Waals surface area (Å²) in [5, 5.41) is 24.3. The molecular formula is C19H14N4O6. The van der Waals surface area contributed by atoms with E-state index >= 15 is 0 Å². The van der Waals surface area contributed by atoms with Crippen molar-refractivity contribution in [1.82, 2.24) is 4.98 Å². The van der Waals surface area contributed by atoms with Gasteiger partial charge in [-0.15, -0.1) is 0 Å². The van der Waals surface area contributed by atoms with Gasteiger partial charge in [0, 0.05) is 10.9 Å². The lowest BCUT2D eigenvalue weighted by Gasteiger charge is -2.07. The number of aromatic carboxylic acids is 1. The van der Waals surface area contributed by atoms with Gasteiger partial charge < -0.3 is 20.0 Å². The van der Waals surface area contributed by atoms with Crippen molar-refractivity contribution in [3.8, 4) is 11.3 Å². The number of carboxylic acids is 1. The zero-order valence-electron chi connectivity index (χ0n) is 15.0. The van der Waals surface area contributed by atoms with E-state index in [1.165, 1.54) is 6.07 Å². The Balaban J connectivity index is 1.92. The minimum Gasteiger partial charge on any atom is -0.478 e. The van der Waals surface area contributed by atoms with Crippen LogP contribution in [-0.2, 0) is 9.53 Å². The molecule has 2 N–H and O–H groups in total. The first-order valence-corrected chi connectivity index (χ1v) is 8.20. The van der Waals surface area contributed by atoms with Crippen molar-refractivity contribution in [1.29, 1.82) is 0 Å². The molecule has 3 rings (SSSR count). The Bertz CT molecular complexity index is 1140. The number of hydrogen-bond acceptors (Lipinski definition) is 8. The zero-order chi connectivity index (χ0) is 21.0. The number of carbonyl (C=O) groups excluding carboxylic acids is 1. The Morgan fingerprint density at radius 3 is 2.48 bits per heavy atom. The molecule has 0 saturated carbocycles. The highest BCUT2D eigenvalue weighted by molar-refractivity contribution is 6.31. The summed E-state index contributed by atoms with van der Waals surface area (Å²) >= 11 is 0. The molecule has 0 fully saturated rings. The third-order valence-electron chi connectivity index (χ3n) is 3.96. The van der Waals surface area contributed by atoms with Crippen molar-refractivity contribution in [2.24, 2.45) is 5.10 Å². The van der Waals surface area contributed by atoms with E-state index in [2.05, 4.69) is 20.2 Å². The molecule has 10 heteroatoms. The van der Waals surface area contributed by atoms with Crippen LogP contribution in [0.25, 0.3) is 22.2 Å². The summed E-state index contributed by atoms with van der Waals surface area (Å²) in [5.41, 5.74) is 4.55. The van der Waals surface area contributed by atoms with E-state index in [1.807, 2.05) is 0 Å². The minimum atomic E-state index is -1.18. The van der Waals surface area contributed by atoms with Crippen LogP contribution >= 0.6 is 0 Å². The first-order chi connectivity index (χ1) is 13.9. The second-order valence-electron chi connectivity index (χ2n) is 5.75. The van der Waals surface area contributed by atoms with Gasteiger partial charge >= 0.3 is 17.8 Å². The molecule has 0 radical (unpaired) electrons. The van der Waals surface area contributed by atoms with Crippen LogP contribution in [0.4, 0.5) is 5.69 Å². The van der Waals surface area contributed by atoms with Gasteiger partial charge in [-0.3, -0.25) is 0 Å². The Morgan fingerprint density at radius 1 is 1.17 bits per heavy atom. The monoisotopic (exact) mass is 394 g/mol. The molecule has 0 unspecified atom stereocenters. The summed E-state index contributed by atoms with van der Waals surface area (Å²) in [5.74, 6) is -3.23. The number of amidine groups is 1. The molecule has 146 valence electrons. The van der Waals surface area contributed by atoms with E-state index in [9.17, 15) is 24.8 Å². The van der Waals surface area contributed by atoms with Crippen LogP contribution in [0.3, 0.4) is 0 Å². The van der Waals surface area contributed by atoms with Crippen LogP contribution in [-0.4, -0.2) is 39.9 Å². The second-order valence-corrected chi connectivity index (χ2v) is 5.75. The van der Waals surface area contributed by atoms with E-state index in [4.69, 9.17) is 0 Å². The molecule has 10 nitrogen and oxygen atoms in total. The van der Waals surface area contributed by atoms with Crippen LogP contribution in [0.1, 0.15) is 10.4 Å². The van der Waals surface area contributed by atoms with Crippen LogP contribution in [0.15, 0.2) is 59.7 Å². The average Bonchev–Trinajstić information content (AvgIpc) is 2.73. The predicted molar refractivity (Wildman–Crippen MR) is 104 cm³/mol. The van der Waals surface area contributed by atoms with E-state index in [0.717, 1.165) is 7.11 Å². The average molecular weight is 394 g/mol. The summed E-state index contributed by atoms with van der Waals surface area (Å²) in [7, 11) is 1.01. The number of anilines is 1. The molecule has 0 spiro atoms. The van der Waals surface area contributed by atoms with Gasteiger partial charge in [0.15, 0.2) is 0 Å². The van der Waals surface area contributed by atoms with Crippen molar-refractivity contribution >= 4 is 34.4 Å². The largest absolute Gasteiger partial charge is 0.478 e. The molecule has 2 aromatic carbocycles. The minimum absolute atomic E-state index is 0.131. The number of nitrogens with zero attached hydrogens (tertiary/aromatic N) is 3. The summed E-state index contributed by atoms with van der Waals surface area (Å²) in [6.45, 7) is 0. The van der Waals surface area contributed by atoms with Gasteiger partial charge in [-0.25, -0.2) is 14.6 Å². The fraction of sp³-hybridized carbons (Fsp3) is 0.0526. The van der Waals surface area contributed by atoms with Crippen LogP contribution < -0.4 is 5.43 Å². The Labute approximate surface area is 163 Å². The number of nitro groups is 1. The number of ether oxygens (including phenoxy) is 1. The second kappa shape index (κ2) is 8.13. The molecule has 0 atom stereocenters. The number of methoxy groups -OCH3 is 1. The van der Waals surface area contributed by atoms with Gasteiger partial charge in [-0.05, 0) is 29.2 Å². The lowest BCUT2D eigenvalue weighted by molar-refractivity contribution is -0.350. The third kappa shape index (κ3) is 4.16. The molecule has 1 aromatic heterocycles. The van der Waals surface area contributed by atoms with Crippen LogP contribution in [0, 0.1) is 10.1 Å². The summed E-state index contributed by atoms with van der Waals surface area (Å²) in [6, 6.07) is 14.8. The zero-order valence-corrected chi connectivity index (χ0v) is 15.0. The van der Waals surface area contributed by atoms with Crippen molar-refractivity contribution < 1.29 is 24.4 Å². The molecule has 1 heterocycles. The first kappa shape index (κ1) is 19.4. The fourth-order valence-corrected chi connectivity index (χ4v) is 2.59. The normalized spacial score (nSPS) is 11.1. The van der Waals surface area contributed by atoms with Gasteiger partial charge in [0.2, 0.25) is 0 Å². The van der Waals surface area contributed by atoms with Gasteiger partial charge in [0.1, 0.15) is 0 Å². The maximum Gasteiger partial charge on any atom is 0.473 e. The summed E-state index contributed by atoms with van der Waals surface area (Å²) in [4.78, 5) is 37.3. The van der Waals surface area contributed by atoms with Crippen molar-refractivity contribution in [2.45, 2.75) is 0 Å². The van der Waals surface area contributed by atoms with Crippen molar-refractivity contribution in [2.75, 3.05) is 12.5 Å². The Kier molecular flexibility index (Phi) is 5.44. The lowest BCUT2D eigenvalue weighted by atomic mass is 10.0. The molecule has 3 aromatic rings. The number of rotatable bonds is 4. The molecule has 0 saturated heterocycles. The summed E-state index contributed by atoms with van der Waals surface area (Å²) < 4.78 is 4.30. The number of aromatic nitrogens is 1. The molecule has 29 heavy (non-hydrogen) atoms. The number of carboxylic acid groups (broad SMARTS) is 1. The number of nitrogens with one attached hydrogen (secondary N) is 1. The van der Waals surface area contributed by atoms with E-state index in [0.29, 0.717) is 27.8 Å². The maximum absolute atomic E-state index is 11.6. The first-order valence-electron chi connectivity index (χ1n) is 8.20. The maximum atomic E-state index is 11.6. The topological polar surface area (TPSA) is 144 Å². The third-order valence-corrected chi connectivity index (χ3v) is 3.96. The lowest BCUT2D eigenvalue weighted by Crippen LogP contribution is -2.25. The molecule has 0 aliphatic heterocycles. The van der Waals surface area contributed by atoms with E-state index in [-0.39, 0.29) is 5.56 Å². The smallest absolute Gasteiger partial charge is 0.473 e. The Hall–Kier alpha value is -4.34. The fourth-order valence-electron chi connectivity index (χ4n) is 2.59. The standard InChI is InChI=1S/C19H14N4O6/c1-29-19(26)17(23(27)28)22-21-12-8-6-11(7-9-12)16-10-14(18(24)25)13-4-2-3-5-15(13)20-16/h2-10,21H,1H3,(H,24,25)/b22-17+. The molecule has 0 amide bonds. The highest BCUT2D eigenvalue weighted by Crippen LogP contribution is 2.26. The number of hydrogen-bond donors (Lipinski definition) is 2. The van der Waals surface area contributed by atoms with E-state index < -0.39 is 22.7 Å². The molecule has 0 aliphatic rings. The van der Waals surface area contributed by atoms with E-state index in [1.54, 1.807) is 48.5 Å². The van der Waals surface area contributed by atoms with Gasteiger partial charge in [-0.2, -0.15) is 5.43 Å². The summed E-state index contributed by atoms with van der Waals surface area (Å²) in [6.07, 6.45) is 0. The quantitative estimate of drug-likeness (QED) is 0.226. The number of hydrazone groups is 1. The predicted octanol–water partition coefficient (Wildman–Crippen LogP) is 2.78. The number of benzene rings is 2. The molecular weight excluding hydrogens is 380 g/mol. The molecule has 0 aliphatic carbocycles. The van der Waals surface area contributed by atoms with Gasteiger partial charge in [0.25, 0.3) is 0 Å². The highest BCUT2D eigenvalue weighted by atomic mass is 16.6. The number of fused-ring (bicyclic) bond motifs is 1. The highest BCUT2D eigenvalue weighted by Gasteiger charge is 2.25. The van der Waals surface area contributed by atoms with Crippen molar-refractivity contribution in [3.63, 3.8) is 0 Å². The molecule has 0 bridgehead atoms. The van der Waals surface area contributed by atoms with Gasteiger partial charge in [0.05, 0.1) is 34.7 Å².